The lowest BCUT2D eigenvalue weighted by molar-refractivity contribution is -0.163. The van der Waals surface area contributed by atoms with Gasteiger partial charge >= 0.3 is 0 Å². The lowest BCUT2D eigenvalue weighted by Gasteiger charge is -2.29. The molecule has 0 aromatic heterocycles. The fourth-order valence-electron chi connectivity index (χ4n) is 2.55. The first-order valence-corrected chi connectivity index (χ1v) is 6.43. The maximum Gasteiger partial charge on any atom is 0.211 e. The van der Waals surface area contributed by atoms with Crippen LogP contribution in [-0.2, 0) is 38.4 Å². The van der Waals surface area contributed by atoms with Gasteiger partial charge in [0.25, 0.3) is 0 Å². The molecule has 0 atom stereocenters. The summed E-state index contributed by atoms with van der Waals surface area (Å²) >= 11 is 0. The molecule has 2 aliphatic carbocycles. The first-order valence-electron chi connectivity index (χ1n) is 6.43. The molecule has 114 valence electrons. The van der Waals surface area contributed by atoms with Gasteiger partial charge in [-0.1, -0.05) is 0 Å². The predicted octanol–water partition coefficient (Wildman–Crippen LogP) is -1.93. The molecule has 8 heteroatoms. The molecule has 2 rings (SSSR count). The molecule has 0 aromatic rings. The highest BCUT2D eigenvalue weighted by Gasteiger charge is 2.58. The quantitative estimate of drug-likeness (QED) is 0.403. The second-order valence-corrected chi connectivity index (χ2v) is 5.31. The van der Waals surface area contributed by atoms with Gasteiger partial charge in [-0.2, -0.15) is 0 Å². The Morgan fingerprint density at radius 1 is 0.409 bits per heavy atom. The van der Waals surface area contributed by atoms with E-state index in [1.165, 1.54) is 0 Å². The normalized spacial score (nSPS) is 33.7. The van der Waals surface area contributed by atoms with E-state index in [1.54, 1.807) is 0 Å². The monoisotopic (exact) mass is 306 g/mol. The third-order valence-corrected chi connectivity index (χ3v) is 4.01. The van der Waals surface area contributed by atoms with Crippen LogP contribution in [0.15, 0.2) is 0 Å². The molecule has 2 aliphatic rings. The molecule has 2 fully saturated rings. The van der Waals surface area contributed by atoms with Crippen LogP contribution in [0.4, 0.5) is 0 Å². The number of carbonyl (C=O) groups excluding carboxylic acids is 8. The minimum atomic E-state index is -2.20. The number of rotatable bonds is 1. The standard InChI is InChI=1S/C14H10O8/c1-3-7(15)11(19)5(12(20)8(3)16)6-13(21)9(17)4(2)10(18)14(6)22/h3-6H,1-2H3. The summed E-state index contributed by atoms with van der Waals surface area (Å²) in [6.45, 7) is 2.11. The number of carbonyl (C=O) groups is 8. The molecule has 0 N–H and O–H groups in total. The van der Waals surface area contributed by atoms with Gasteiger partial charge in [-0.15, -0.1) is 0 Å². The highest BCUT2D eigenvalue weighted by atomic mass is 16.2. The molecule has 0 aliphatic heterocycles. The average molecular weight is 306 g/mol. The van der Waals surface area contributed by atoms with Crippen molar-refractivity contribution in [3.8, 4) is 0 Å². The third-order valence-electron chi connectivity index (χ3n) is 4.01. The number of Topliss-reactive ketones (excluding diaryl/α,β-unsaturated/α-hetero) is 8. The molecule has 0 spiro atoms. The molecule has 22 heavy (non-hydrogen) atoms. The Hall–Kier alpha value is -2.64. The van der Waals surface area contributed by atoms with Crippen molar-refractivity contribution in [2.24, 2.45) is 23.7 Å². The van der Waals surface area contributed by atoms with E-state index in [4.69, 9.17) is 0 Å². The Kier molecular flexibility index (Phi) is 3.56. The Bertz CT molecular complexity index is 582. The summed E-state index contributed by atoms with van der Waals surface area (Å²) in [5.41, 5.74) is 0. The maximum absolute atomic E-state index is 11.9. The van der Waals surface area contributed by atoms with Crippen LogP contribution in [0.3, 0.4) is 0 Å². The molecular weight excluding hydrogens is 296 g/mol. The Labute approximate surface area is 123 Å². The van der Waals surface area contributed by atoms with Crippen molar-refractivity contribution in [3.05, 3.63) is 0 Å². The van der Waals surface area contributed by atoms with E-state index >= 15 is 0 Å². The van der Waals surface area contributed by atoms with Crippen LogP contribution in [-0.4, -0.2) is 46.3 Å². The largest absolute Gasteiger partial charge is 0.290 e. The van der Waals surface area contributed by atoms with E-state index in [-0.39, 0.29) is 0 Å². The summed E-state index contributed by atoms with van der Waals surface area (Å²) in [4.78, 5) is 94.3. The van der Waals surface area contributed by atoms with Crippen LogP contribution in [0.1, 0.15) is 13.8 Å². The van der Waals surface area contributed by atoms with Gasteiger partial charge in [-0.25, -0.2) is 0 Å². The molecule has 0 radical (unpaired) electrons. The average Bonchev–Trinajstić information content (AvgIpc) is 2.50. The zero-order chi connectivity index (χ0) is 16.9. The van der Waals surface area contributed by atoms with Gasteiger partial charge in [0.15, 0.2) is 0 Å². The highest BCUT2D eigenvalue weighted by molar-refractivity contribution is 6.66. The van der Waals surface area contributed by atoms with E-state index in [2.05, 4.69) is 0 Å². The predicted molar refractivity (Wildman–Crippen MR) is 65.4 cm³/mol. The third kappa shape index (κ3) is 1.91. The van der Waals surface area contributed by atoms with Crippen molar-refractivity contribution in [2.75, 3.05) is 0 Å². The fraction of sp³-hybridized carbons (Fsp3) is 0.429. The number of hydrogen-bond donors (Lipinski definition) is 0. The van der Waals surface area contributed by atoms with Gasteiger partial charge in [-0.05, 0) is 13.8 Å². The molecule has 0 aromatic carbocycles. The fourth-order valence-corrected chi connectivity index (χ4v) is 2.55. The van der Waals surface area contributed by atoms with Crippen molar-refractivity contribution in [2.45, 2.75) is 13.8 Å². The first-order chi connectivity index (χ1) is 10.1. The maximum atomic E-state index is 11.9. The SMILES string of the molecule is CC1C(=O)C(=O)C(C2C(=O)C(=O)C(C)C(=O)C2=O)C(=O)C1=O. The van der Waals surface area contributed by atoms with Crippen molar-refractivity contribution in [1.82, 2.24) is 0 Å². The van der Waals surface area contributed by atoms with Gasteiger partial charge in [-0.3, -0.25) is 38.4 Å². The van der Waals surface area contributed by atoms with Crippen LogP contribution in [0.2, 0.25) is 0 Å². The van der Waals surface area contributed by atoms with Gasteiger partial charge in [0, 0.05) is 0 Å². The van der Waals surface area contributed by atoms with Gasteiger partial charge in [0.2, 0.25) is 46.3 Å². The molecule has 0 saturated heterocycles. The van der Waals surface area contributed by atoms with Crippen LogP contribution < -0.4 is 0 Å². The molecule has 0 heterocycles. The second-order valence-electron chi connectivity index (χ2n) is 5.31. The summed E-state index contributed by atoms with van der Waals surface area (Å²) in [5, 5.41) is 0. The van der Waals surface area contributed by atoms with Crippen LogP contribution in [0.25, 0.3) is 0 Å². The van der Waals surface area contributed by atoms with Crippen LogP contribution >= 0.6 is 0 Å². The van der Waals surface area contributed by atoms with Gasteiger partial charge in [0.05, 0.1) is 11.8 Å². The summed E-state index contributed by atoms with van der Waals surface area (Å²) < 4.78 is 0. The van der Waals surface area contributed by atoms with E-state index in [1.807, 2.05) is 0 Å². The zero-order valence-corrected chi connectivity index (χ0v) is 11.6. The van der Waals surface area contributed by atoms with E-state index in [0.717, 1.165) is 13.8 Å². The molecule has 0 bridgehead atoms. The number of ketones is 8. The minimum Gasteiger partial charge on any atom is -0.290 e. The molecule has 8 nitrogen and oxygen atoms in total. The summed E-state index contributed by atoms with van der Waals surface area (Å²) in [7, 11) is 0. The molecule has 0 amide bonds. The summed E-state index contributed by atoms with van der Waals surface area (Å²) in [6.07, 6.45) is 0. The molecule has 0 unspecified atom stereocenters. The first kappa shape index (κ1) is 15.7. The van der Waals surface area contributed by atoms with Crippen molar-refractivity contribution in [1.29, 1.82) is 0 Å². The topological polar surface area (TPSA) is 137 Å². The highest BCUT2D eigenvalue weighted by Crippen LogP contribution is 2.30. The lowest BCUT2D eigenvalue weighted by atomic mass is 9.66. The molecule has 2 saturated carbocycles. The van der Waals surface area contributed by atoms with E-state index in [9.17, 15) is 38.4 Å². The Morgan fingerprint density at radius 3 is 0.773 bits per heavy atom. The van der Waals surface area contributed by atoms with E-state index < -0.39 is 69.9 Å². The Balaban J connectivity index is 2.53. The number of hydrogen-bond acceptors (Lipinski definition) is 8. The van der Waals surface area contributed by atoms with Gasteiger partial charge in [0.1, 0.15) is 11.8 Å². The summed E-state index contributed by atoms with van der Waals surface area (Å²) in [6, 6.07) is 0. The minimum absolute atomic E-state index is 1.06. The summed E-state index contributed by atoms with van der Waals surface area (Å²) in [5.74, 6) is -17.8. The van der Waals surface area contributed by atoms with Crippen molar-refractivity contribution >= 4 is 46.3 Å². The Morgan fingerprint density at radius 2 is 0.591 bits per heavy atom. The zero-order valence-electron chi connectivity index (χ0n) is 11.6. The smallest absolute Gasteiger partial charge is 0.211 e. The van der Waals surface area contributed by atoms with Crippen molar-refractivity contribution < 1.29 is 38.4 Å². The van der Waals surface area contributed by atoms with Crippen LogP contribution in [0, 0.1) is 23.7 Å². The lowest BCUT2D eigenvalue weighted by Crippen LogP contribution is -2.58. The van der Waals surface area contributed by atoms with Gasteiger partial charge < -0.3 is 0 Å². The molecular formula is C14H10O8. The van der Waals surface area contributed by atoms with Crippen molar-refractivity contribution in [3.63, 3.8) is 0 Å². The second kappa shape index (κ2) is 4.97. The van der Waals surface area contributed by atoms with E-state index in [0.29, 0.717) is 0 Å². The van der Waals surface area contributed by atoms with Crippen LogP contribution in [0.5, 0.6) is 0 Å².